The predicted octanol–water partition coefficient (Wildman–Crippen LogP) is 3.18. The van der Waals surface area contributed by atoms with Gasteiger partial charge in [-0.05, 0) is 54.1 Å². The van der Waals surface area contributed by atoms with Crippen molar-refractivity contribution in [3.8, 4) is 5.69 Å². The first kappa shape index (κ1) is 23.3. The Labute approximate surface area is 207 Å². The zero-order chi connectivity index (χ0) is 24.5. The first-order valence-electron chi connectivity index (χ1n) is 11.8. The predicted molar refractivity (Wildman–Crippen MR) is 139 cm³/mol. The van der Waals surface area contributed by atoms with E-state index < -0.39 is 5.69 Å². The number of amides is 1. The number of carbonyl (C=O) groups is 1. The fourth-order valence-corrected chi connectivity index (χ4v) is 5.39. The first-order valence-corrected chi connectivity index (χ1v) is 12.6. The molecule has 1 fully saturated rings. The van der Waals surface area contributed by atoms with Crippen molar-refractivity contribution in [3.05, 3.63) is 97.5 Å². The lowest BCUT2D eigenvalue weighted by Gasteiger charge is -2.35. The van der Waals surface area contributed by atoms with Crippen LogP contribution in [-0.4, -0.2) is 51.0 Å². The summed E-state index contributed by atoms with van der Waals surface area (Å²) in [6.45, 7) is 7.51. The number of aromatic nitrogens is 2. The topological polar surface area (TPSA) is 67.6 Å². The second-order valence-corrected chi connectivity index (χ2v) is 9.97. The van der Waals surface area contributed by atoms with Crippen molar-refractivity contribution < 1.29 is 4.79 Å². The molecular formula is C27H28N4O3S. The molecule has 4 aromatic rings. The van der Waals surface area contributed by atoms with Gasteiger partial charge in [-0.1, -0.05) is 36.4 Å². The van der Waals surface area contributed by atoms with E-state index in [0.717, 1.165) is 30.8 Å². The summed E-state index contributed by atoms with van der Waals surface area (Å²) >= 11 is 1.29. The molecule has 2 aromatic carbocycles. The Kier molecular flexibility index (Phi) is 6.40. The second-order valence-electron chi connectivity index (χ2n) is 9.06. The van der Waals surface area contributed by atoms with E-state index in [-0.39, 0.29) is 18.0 Å². The van der Waals surface area contributed by atoms with E-state index in [0.29, 0.717) is 29.0 Å². The number of fused-ring (bicyclic) bond motifs is 1. The van der Waals surface area contributed by atoms with Gasteiger partial charge in [0.2, 0.25) is 5.91 Å². The highest BCUT2D eigenvalue weighted by atomic mass is 32.1. The van der Waals surface area contributed by atoms with E-state index in [4.69, 9.17) is 0 Å². The minimum absolute atomic E-state index is 0.0874. The molecule has 3 heterocycles. The van der Waals surface area contributed by atoms with Crippen LogP contribution in [0, 0.1) is 13.8 Å². The molecule has 0 saturated carbocycles. The highest BCUT2D eigenvalue weighted by Gasteiger charge is 2.24. The SMILES string of the molecule is Cc1ccc(-n2c(=O)c3sccc3n(CC(=O)N3CCN(Cc4ccccc4)CC3)c2=O)cc1C. The molecular weight excluding hydrogens is 460 g/mol. The van der Waals surface area contributed by atoms with Crippen molar-refractivity contribution in [1.29, 1.82) is 0 Å². The molecule has 0 unspecified atom stereocenters. The van der Waals surface area contributed by atoms with Crippen LogP contribution in [-0.2, 0) is 17.9 Å². The molecule has 2 aromatic heterocycles. The van der Waals surface area contributed by atoms with Gasteiger partial charge in [0.25, 0.3) is 5.56 Å². The zero-order valence-electron chi connectivity index (χ0n) is 19.9. The van der Waals surface area contributed by atoms with Crippen LogP contribution in [0.5, 0.6) is 0 Å². The Bertz CT molecular complexity index is 1490. The maximum absolute atomic E-state index is 13.5. The van der Waals surface area contributed by atoms with Crippen molar-refractivity contribution in [1.82, 2.24) is 18.9 Å². The van der Waals surface area contributed by atoms with Gasteiger partial charge in [-0.25, -0.2) is 9.36 Å². The quantitative estimate of drug-likeness (QED) is 0.433. The third-order valence-electron chi connectivity index (χ3n) is 6.77. The van der Waals surface area contributed by atoms with Crippen molar-refractivity contribution in [2.24, 2.45) is 0 Å². The number of hydrogen-bond donors (Lipinski definition) is 0. The molecule has 5 rings (SSSR count). The normalized spacial score (nSPS) is 14.5. The molecule has 35 heavy (non-hydrogen) atoms. The lowest BCUT2D eigenvalue weighted by molar-refractivity contribution is -0.133. The third kappa shape index (κ3) is 4.59. The molecule has 1 aliphatic heterocycles. The largest absolute Gasteiger partial charge is 0.339 e. The van der Waals surface area contributed by atoms with Gasteiger partial charge in [0, 0.05) is 32.7 Å². The number of piperazine rings is 1. The monoisotopic (exact) mass is 488 g/mol. The van der Waals surface area contributed by atoms with Crippen LogP contribution in [0.2, 0.25) is 0 Å². The van der Waals surface area contributed by atoms with Crippen LogP contribution in [0.25, 0.3) is 15.9 Å². The Morgan fingerprint density at radius 3 is 2.37 bits per heavy atom. The Balaban J connectivity index is 1.39. The average Bonchev–Trinajstić information content (AvgIpc) is 3.35. The number of hydrogen-bond acceptors (Lipinski definition) is 5. The van der Waals surface area contributed by atoms with Crippen LogP contribution in [0.3, 0.4) is 0 Å². The van der Waals surface area contributed by atoms with Gasteiger partial charge in [-0.2, -0.15) is 0 Å². The molecule has 0 radical (unpaired) electrons. The molecule has 1 amide bonds. The fraction of sp³-hybridized carbons (Fsp3) is 0.296. The fourth-order valence-electron chi connectivity index (χ4n) is 4.56. The lowest BCUT2D eigenvalue weighted by atomic mass is 10.1. The summed E-state index contributed by atoms with van der Waals surface area (Å²) in [6.07, 6.45) is 0. The van der Waals surface area contributed by atoms with Gasteiger partial charge in [-0.3, -0.25) is 19.1 Å². The van der Waals surface area contributed by atoms with Crippen molar-refractivity contribution in [3.63, 3.8) is 0 Å². The molecule has 8 heteroatoms. The summed E-state index contributed by atoms with van der Waals surface area (Å²) < 4.78 is 3.11. The van der Waals surface area contributed by atoms with Gasteiger partial charge in [-0.15, -0.1) is 11.3 Å². The maximum atomic E-state index is 13.5. The van der Waals surface area contributed by atoms with Crippen LogP contribution in [0.1, 0.15) is 16.7 Å². The zero-order valence-corrected chi connectivity index (χ0v) is 20.8. The molecule has 0 atom stereocenters. The molecule has 1 aliphatic rings. The summed E-state index contributed by atoms with van der Waals surface area (Å²) in [6, 6.07) is 17.6. The van der Waals surface area contributed by atoms with Gasteiger partial charge in [0.15, 0.2) is 0 Å². The Hall–Kier alpha value is -3.49. The van der Waals surface area contributed by atoms with Crippen LogP contribution in [0.4, 0.5) is 0 Å². The number of rotatable bonds is 5. The highest BCUT2D eigenvalue weighted by molar-refractivity contribution is 7.17. The number of thiophene rings is 1. The molecule has 0 spiro atoms. The summed E-state index contributed by atoms with van der Waals surface area (Å²) in [4.78, 5) is 44.1. The van der Waals surface area contributed by atoms with E-state index in [2.05, 4.69) is 17.0 Å². The molecule has 1 saturated heterocycles. The molecule has 0 bridgehead atoms. The molecule has 0 aliphatic carbocycles. The van der Waals surface area contributed by atoms with E-state index >= 15 is 0 Å². The van der Waals surface area contributed by atoms with Crippen molar-refractivity contribution in [2.45, 2.75) is 26.9 Å². The van der Waals surface area contributed by atoms with Crippen molar-refractivity contribution in [2.75, 3.05) is 26.2 Å². The number of aryl methyl sites for hydroxylation is 2. The Morgan fingerprint density at radius 1 is 0.914 bits per heavy atom. The van der Waals surface area contributed by atoms with E-state index in [1.165, 1.54) is 26.0 Å². The van der Waals surface area contributed by atoms with Gasteiger partial charge >= 0.3 is 5.69 Å². The minimum atomic E-state index is -0.486. The average molecular weight is 489 g/mol. The number of benzene rings is 2. The van der Waals surface area contributed by atoms with Crippen molar-refractivity contribution >= 4 is 27.5 Å². The summed E-state index contributed by atoms with van der Waals surface area (Å²) in [5.41, 5.74) is 3.54. The lowest BCUT2D eigenvalue weighted by Crippen LogP contribution is -2.50. The highest BCUT2D eigenvalue weighted by Crippen LogP contribution is 2.18. The third-order valence-corrected chi connectivity index (χ3v) is 7.66. The molecule has 0 N–H and O–H groups in total. The van der Waals surface area contributed by atoms with E-state index in [9.17, 15) is 14.4 Å². The number of carbonyl (C=O) groups excluding carboxylic acids is 1. The van der Waals surface area contributed by atoms with Gasteiger partial charge in [0.05, 0.1) is 11.2 Å². The minimum Gasteiger partial charge on any atom is -0.339 e. The van der Waals surface area contributed by atoms with E-state index in [1.807, 2.05) is 49.1 Å². The van der Waals surface area contributed by atoms with Crippen LogP contribution < -0.4 is 11.2 Å². The van der Waals surface area contributed by atoms with Gasteiger partial charge < -0.3 is 4.90 Å². The van der Waals surface area contributed by atoms with E-state index in [1.54, 1.807) is 17.5 Å². The van der Waals surface area contributed by atoms with Crippen LogP contribution >= 0.6 is 11.3 Å². The first-order chi connectivity index (χ1) is 16.9. The molecule has 7 nitrogen and oxygen atoms in total. The maximum Gasteiger partial charge on any atom is 0.336 e. The Morgan fingerprint density at radius 2 is 1.66 bits per heavy atom. The smallest absolute Gasteiger partial charge is 0.336 e. The summed E-state index contributed by atoms with van der Waals surface area (Å²) in [5.74, 6) is -0.107. The summed E-state index contributed by atoms with van der Waals surface area (Å²) in [5, 5.41) is 1.79. The number of nitrogens with zero attached hydrogens (tertiary/aromatic N) is 4. The van der Waals surface area contributed by atoms with Crippen LogP contribution in [0.15, 0.2) is 69.6 Å². The second kappa shape index (κ2) is 9.64. The summed E-state index contributed by atoms with van der Waals surface area (Å²) in [7, 11) is 0. The standard InChI is InChI=1S/C27H28N4O3S/c1-19-8-9-22(16-20(19)2)31-26(33)25-23(10-15-35-25)30(27(31)34)18-24(32)29-13-11-28(12-14-29)17-21-6-4-3-5-7-21/h3-10,15-16H,11-14,17-18H2,1-2H3. The molecule has 180 valence electrons. The van der Waals surface area contributed by atoms with Gasteiger partial charge in [0.1, 0.15) is 11.2 Å².